The van der Waals surface area contributed by atoms with Crippen molar-refractivity contribution in [3.05, 3.63) is 11.6 Å². The highest BCUT2D eigenvalue weighted by Gasteiger charge is 2.31. The molecule has 1 saturated carbocycles. The number of piperidine rings is 1. The van der Waals surface area contributed by atoms with Crippen LogP contribution in [0.2, 0.25) is 0 Å². The number of aromatic nitrogens is 3. The molecule has 1 amide bonds. The van der Waals surface area contributed by atoms with Gasteiger partial charge in [0.25, 0.3) is 0 Å². The predicted molar refractivity (Wildman–Crippen MR) is 95.3 cm³/mol. The zero-order chi connectivity index (χ0) is 18.2. The van der Waals surface area contributed by atoms with Gasteiger partial charge < -0.3 is 14.2 Å². The highest BCUT2D eigenvalue weighted by atomic mass is 16.6. The molecule has 7 heteroatoms. The number of amides is 1. The smallest absolute Gasteiger partial charge is 0.410 e. The Morgan fingerprint density at radius 3 is 2.64 bits per heavy atom. The first-order chi connectivity index (χ1) is 11.7. The maximum absolute atomic E-state index is 12.3. The van der Waals surface area contributed by atoms with Gasteiger partial charge in [-0.1, -0.05) is 0 Å². The normalized spacial score (nSPS) is 22.0. The molecule has 0 aromatic carbocycles. The fraction of sp³-hybridized carbons (Fsp3) is 0.833. The lowest BCUT2D eigenvalue weighted by Gasteiger charge is -2.37. The van der Waals surface area contributed by atoms with Crippen molar-refractivity contribution in [3.63, 3.8) is 0 Å². The molecule has 0 bridgehead atoms. The van der Waals surface area contributed by atoms with E-state index in [2.05, 4.69) is 26.7 Å². The van der Waals surface area contributed by atoms with Crippen LogP contribution in [0.3, 0.4) is 0 Å². The van der Waals surface area contributed by atoms with Crippen LogP contribution in [0.25, 0.3) is 0 Å². The number of carbonyl (C=O) groups excluding carboxylic acids is 1. The Hall–Kier alpha value is -1.63. The molecule has 2 aliphatic rings. The summed E-state index contributed by atoms with van der Waals surface area (Å²) >= 11 is 0. The van der Waals surface area contributed by atoms with Crippen molar-refractivity contribution in [3.8, 4) is 0 Å². The highest BCUT2D eigenvalue weighted by molar-refractivity contribution is 5.68. The minimum Gasteiger partial charge on any atom is -0.444 e. The van der Waals surface area contributed by atoms with Gasteiger partial charge in [-0.15, -0.1) is 10.2 Å². The molecule has 2 fully saturated rings. The third-order valence-electron chi connectivity index (χ3n) is 5.02. The van der Waals surface area contributed by atoms with Crippen molar-refractivity contribution >= 4 is 6.09 Å². The van der Waals surface area contributed by atoms with Crippen LogP contribution in [0, 0.1) is 0 Å². The average Bonchev–Trinajstić information content (AvgIpc) is 3.31. The van der Waals surface area contributed by atoms with Crippen LogP contribution < -0.4 is 0 Å². The Balaban J connectivity index is 1.58. The molecule has 1 aliphatic heterocycles. The number of ether oxygens (including phenoxy) is 1. The highest BCUT2D eigenvalue weighted by Crippen LogP contribution is 2.38. The van der Waals surface area contributed by atoms with Gasteiger partial charge in [0.15, 0.2) is 0 Å². The SMILES string of the molecule is CN(C(=O)OC(C)(C)C)[C@@H]1CCCN(Cc2nnc(C3CC3)n2C)C1. The van der Waals surface area contributed by atoms with Crippen molar-refractivity contribution < 1.29 is 9.53 Å². The third kappa shape index (κ3) is 4.51. The summed E-state index contributed by atoms with van der Waals surface area (Å²) in [5.41, 5.74) is -0.461. The van der Waals surface area contributed by atoms with Crippen molar-refractivity contribution in [1.82, 2.24) is 24.6 Å². The second-order valence-corrected chi connectivity index (χ2v) is 8.43. The molecule has 2 heterocycles. The number of carbonyl (C=O) groups is 1. The summed E-state index contributed by atoms with van der Waals surface area (Å²) in [5, 5.41) is 8.76. The van der Waals surface area contributed by atoms with Gasteiger partial charge in [0.1, 0.15) is 17.2 Å². The maximum atomic E-state index is 12.3. The van der Waals surface area contributed by atoms with Gasteiger partial charge in [0, 0.05) is 32.6 Å². The number of hydrogen-bond donors (Lipinski definition) is 0. The number of likely N-dealkylation sites (N-methyl/N-ethyl adjacent to an activating group) is 1. The fourth-order valence-corrected chi connectivity index (χ4v) is 3.38. The quantitative estimate of drug-likeness (QED) is 0.836. The van der Waals surface area contributed by atoms with Crippen LogP contribution in [0.4, 0.5) is 4.79 Å². The summed E-state index contributed by atoms with van der Waals surface area (Å²) in [6.45, 7) is 8.37. The van der Waals surface area contributed by atoms with Crippen LogP contribution in [-0.2, 0) is 18.3 Å². The van der Waals surface area contributed by atoms with E-state index in [0.29, 0.717) is 5.92 Å². The van der Waals surface area contributed by atoms with E-state index < -0.39 is 5.60 Å². The molecule has 25 heavy (non-hydrogen) atoms. The lowest BCUT2D eigenvalue weighted by Crippen LogP contribution is -2.49. The minimum atomic E-state index is -0.461. The Bertz CT molecular complexity index is 617. The molecule has 140 valence electrons. The average molecular weight is 349 g/mol. The van der Waals surface area contributed by atoms with E-state index in [9.17, 15) is 4.79 Å². The molecule has 1 aliphatic carbocycles. The molecule has 0 N–H and O–H groups in total. The Kier molecular flexibility index (Phi) is 5.04. The lowest BCUT2D eigenvalue weighted by molar-refractivity contribution is 0.0127. The third-order valence-corrected chi connectivity index (χ3v) is 5.02. The van der Waals surface area contributed by atoms with E-state index >= 15 is 0 Å². The fourth-order valence-electron chi connectivity index (χ4n) is 3.38. The summed E-state index contributed by atoms with van der Waals surface area (Å²) < 4.78 is 7.66. The van der Waals surface area contributed by atoms with Gasteiger partial charge in [0.2, 0.25) is 0 Å². The molecule has 0 spiro atoms. The maximum Gasteiger partial charge on any atom is 0.410 e. The van der Waals surface area contributed by atoms with E-state index in [4.69, 9.17) is 4.74 Å². The standard InChI is InChI=1S/C18H31N5O2/c1-18(2,3)25-17(24)21(4)14-7-6-10-23(11-14)12-15-19-20-16(22(15)5)13-8-9-13/h13-14H,6-12H2,1-5H3/t14-/m1/s1. The minimum absolute atomic E-state index is 0.180. The van der Waals surface area contributed by atoms with Gasteiger partial charge in [-0.05, 0) is 53.0 Å². The number of likely N-dealkylation sites (tertiary alicyclic amines) is 1. The van der Waals surface area contributed by atoms with Crippen LogP contribution >= 0.6 is 0 Å². The first-order valence-electron chi connectivity index (χ1n) is 9.31. The molecular formula is C18H31N5O2. The van der Waals surface area contributed by atoms with Gasteiger partial charge in [-0.3, -0.25) is 4.90 Å². The monoisotopic (exact) mass is 349 g/mol. The Labute approximate surface area is 150 Å². The number of nitrogens with zero attached hydrogens (tertiary/aromatic N) is 5. The summed E-state index contributed by atoms with van der Waals surface area (Å²) in [6.07, 6.45) is 4.31. The lowest BCUT2D eigenvalue weighted by atomic mass is 10.0. The van der Waals surface area contributed by atoms with Crippen LogP contribution in [-0.4, -0.2) is 62.4 Å². The predicted octanol–water partition coefficient (Wildman–Crippen LogP) is 2.52. The van der Waals surface area contributed by atoms with Crippen molar-refractivity contribution in [1.29, 1.82) is 0 Å². The largest absolute Gasteiger partial charge is 0.444 e. The summed E-state index contributed by atoms with van der Waals surface area (Å²) in [5.74, 6) is 2.75. The second kappa shape index (κ2) is 6.94. The Morgan fingerprint density at radius 1 is 1.28 bits per heavy atom. The first-order valence-corrected chi connectivity index (χ1v) is 9.31. The summed E-state index contributed by atoms with van der Waals surface area (Å²) in [4.78, 5) is 16.4. The molecule has 3 rings (SSSR count). The summed E-state index contributed by atoms with van der Waals surface area (Å²) in [7, 11) is 3.91. The van der Waals surface area contributed by atoms with Crippen molar-refractivity contribution in [2.24, 2.45) is 7.05 Å². The molecule has 1 atom stereocenters. The Morgan fingerprint density at radius 2 is 2.00 bits per heavy atom. The van der Waals surface area contributed by atoms with Crippen LogP contribution in [0.5, 0.6) is 0 Å². The van der Waals surface area contributed by atoms with Crippen LogP contribution in [0.15, 0.2) is 0 Å². The van der Waals surface area contributed by atoms with Crippen molar-refractivity contribution in [2.45, 2.75) is 70.6 Å². The van der Waals surface area contributed by atoms with E-state index in [0.717, 1.165) is 44.1 Å². The molecule has 1 aromatic heterocycles. The van der Waals surface area contributed by atoms with E-state index in [1.54, 1.807) is 4.90 Å². The van der Waals surface area contributed by atoms with Gasteiger partial charge in [0.05, 0.1) is 6.54 Å². The molecule has 1 saturated heterocycles. The molecular weight excluding hydrogens is 318 g/mol. The number of rotatable bonds is 4. The molecule has 0 radical (unpaired) electrons. The molecule has 7 nitrogen and oxygen atoms in total. The van der Waals surface area contributed by atoms with Gasteiger partial charge in [-0.25, -0.2) is 4.79 Å². The molecule has 0 unspecified atom stereocenters. The van der Waals surface area contributed by atoms with Crippen LogP contribution in [0.1, 0.15) is 64.0 Å². The summed E-state index contributed by atoms with van der Waals surface area (Å²) in [6, 6.07) is 0.180. The van der Waals surface area contributed by atoms with Gasteiger partial charge in [-0.2, -0.15) is 0 Å². The van der Waals surface area contributed by atoms with E-state index in [1.165, 1.54) is 12.8 Å². The number of hydrogen-bond acceptors (Lipinski definition) is 5. The topological polar surface area (TPSA) is 63.5 Å². The van der Waals surface area contributed by atoms with Crippen molar-refractivity contribution in [2.75, 3.05) is 20.1 Å². The molecule has 1 aromatic rings. The van der Waals surface area contributed by atoms with E-state index in [1.807, 2.05) is 27.8 Å². The zero-order valence-corrected chi connectivity index (χ0v) is 16.2. The first kappa shape index (κ1) is 18.2. The van der Waals surface area contributed by atoms with Gasteiger partial charge >= 0.3 is 6.09 Å². The zero-order valence-electron chi connectivity index (χ0n) is 16.2. The van der Waals surface area contributed by atoms with E-state index in [-0.39, 0.29) is 12.1 Å². The second-order valence-electron chi connectivity index (χ2n) is 8.43.